The summed E-state index contributed by atoms with van der Waals surface area (Å²) in [6.45, 7) is 0. The fraction of sp³-hybridized carbons (Fsp3) is 0.364. The highest BCUT2D eigenvalue weighted by Crippen LogP contribution is 2.60. The van der Waals surface area contributed by atoms with Crippen LogP contribution in [0.15, 0.2) is 22.7 Å². The van der Waals surface area contributed by atoms with E-state index < -0.39 is 24.7 Å². The van der Waals surface area contributed by atoms with E-state index in [4.69, 9.17) is 4.74 Å². The van der Waals surface area contributed by atoms with Crippen molar-refractivity contribution in [2.24, 2.45) is 5.41 Å². The second-order valence-corrected chi connectivity index (χ2v) is 6.59. The molecule has 1 heterocycles. The molecule has 0 N–H and O–H groups in total. The van der Waals surface area contributed by atoms with Crippen LogP contribution in [0.4, 0.5) is 0 Å². The second kappa shape index (κ2) is 3.53. The first-order valence-corrected chi connectivity index (χ1v) is 7.21. The lowest BCUT2D eigenvalue weighted by Crippen LogP contribution is -2.31. The molecule has 0 radical (unpaired) electrons. The molecule has 1 saturated carbocycles. The summed E-state index contributed by atoms with van der Waals surface area (Å²) in [5.74, 6) is 0.120. The Kier molecular flexibility index (Phi) is 2.32. The zero-order valence-electron chi connectivity index (χ0n) is 8.68. The molecule has 1 aromatic carbocycles. The van der Waals surface area contributed by atoms with E-state index in [1.807, 2.05) is 12.1 Å². The molecule has 88 valence electrons. The van der Waals surface area contributed by atoms with Crippen molar-refractivity contribution < 1.29 is 18.7 Å². The minimum absolute atomic E-state index is 0.389. The summed E-state index contributed by atoms with van der Waals surface area (Å²) in [6.07, 6.45) is 0.850. The quantitative estimate of drug-likeness (QED) is 0.454. The van der Waals surface area contributed by atoms with Gasteiger partial charge in [0.1, 0.15) is 5.75 Å². The zero-order chi connectivity index (χ0) is 12.2. The molecular weight excluding hydrogens is 307 g/mol. The smallest absolute Gasteiger partial charge is 0.320 e. The molecule has 0 aromatic heterocycles. The van der Waals surface area contributed by atoms with Crippen LogP contribution in [0, 0.1) is 5.41 Å². The fourth-order valence-corrected chi connectivity index (χ4v) is 3.77. The van der Waals surface area contributed by atoms with Crippen LogP contribution in [0.25, 0.3) is 0 Å². The lowest BCUT2D eigenvalue weighted by atomic mass is 9.93. The van der Waals surface area contributed by atoms with E-state index in [9.17, 15) is 13.9 Å². The Morgan fingerprint density at radius 3 is 2.82 bits per heavy atom. The van der Waals surface area contributed by atoms with E-state index in [1.54, 1.807) is 6.07 Å². The third-order valence-electron chi connectivity index (χ3n) is 3.43. The minimum atomic E-state index is -2.55. The first-order chi connectivity index (χ1) is 8.03. The van der Waals surface area contributed by atoms with Crippen molar-refractivity contribution in [1.82, 2.24) is 0 Å². The summed E-state index contributed by atoms with van der Waals surface area (Å²) < 4.78 is 28.0. The van der Waals surface area contributed by atoms with Crippen molar-refractivity contribution in [3.05, 3.63) is 28.2 Å². The molecule has 17 heavy (non-hydrogen) atoms. The van der Waals surface area contributed by atoms with Gasteiger partial charge in [0.2, 0.25) is 0 Å². The average Bonchev–Trinajstić information content (AvgIpc) is 2.97. The van der Waals surface area contributed by atoms with Gasteiger partial charge in [0, 0.05) is 4.47 Å². The monoisotopic (exact) mass is 314 g/mol. The van der Waals surface area contributed by atoms with Gasteiger partial charge in [0.15, 0.2) is 0 Å². The van der Waals surface area contributed by atoms with Gasteiger partial charge < -0.3 is 4.74 Å². The number of hydrogen-bond donors (Lipinski definition) is 0. The van der Waals surface area contributed by atoms with Crippen molar-refractivity contribution in [2.45, 2.75) is 18.5 Å². The number of carbonyl (C=O) groups is 1. The predicted molar refractivity (Wildman–Crippen MR) is 62.6 cm³/mol. The van der Waals surface area contributed by atoms with Crippen LogP contribution in [0.3, 0.4) is 0 Å². The Bertz CT molecular complexity index is 587. The highest BCUT2D eigenvalue weighted by molar-refractivity contribution is 9.10. The van der Waals surface area contributed by atoms with E-state index in [2.05, 4.69) is 15.9 Å². The Morgan fingerprint density at radius 1 is 1.41 bits per heavy atom. The lowest BCUT2D eigenvalue weighted by molar-refractivity contribution is -0.141. The largest absolute Gasteiger partial charge is 0.426 e. The van der Waals surface area contributed by atoms with Gasteiger partial charge >= 0.3 is 13.6 Å². The summed E-state index contributed by atoms with van der Waals surface area (Å²) in [6, 6.07) is 5.45. The number of esters is 1. The van der Waals surface area contributed by atoms with E-state index in [1.165, 1.54) is 0 Å². The molecular formula is C11H8BrO4P. The highest BCUT2D eigenvalue weighted by atomic mass is 79.9. The van der Waals surface area contributed by atoms with Crippen molar-refractivity contribution >= 4 is 29.6 Å². The highest BCUT2D eigenvalue weighted by Gasteiger charge is 2.66. The topological polar surface area (TPSA) is 60.4 Å². The number of ether oxygens (including phenoxy) is 1. The first kappa shape index (κ1) is 11.2. The summed E-state index contributed by atoms with van der Waals surface area (Å²) in [5.41, 5.74) is -0.468. The number of fused-ring (bicyclic) bond motifs is 1. The summed E-state index contributed by atoms with van der Waals surface area (Å²) >= 11 is 3.30. The lowest BCUT2D eigenvalue weighted by Gasteiger charge is -2.23. The van der Waals surface area contributed by atoms with Crippen molar-refractivity contribution in [3.63, 3.8) is 0 Å². The Hall–Kier alpha value is -0.930. The van der Waals surface area contributed by atoms with Crippen molar-refractivity contribution in [2.75, 3.05) is 0 Å². The van der Waals surface area contributed by atoms with Crippen molar-refractivity contribution in [3.8, 4) is 5.75 Å². The van der Waals surface area contributed by atoms with E-state index in [0.717, 1.165) is 10.0 Å². The minimum Gasteiger partial charge on any atom is -0.426 e. The average molecular weight is 315 g/mol. The molecule has 1 aliphatic heterocycles. The molecule has 1 spiro atoms. The molecule has 2 aliphatic rings. The third-order valence-corrected chi connectivity index (χ3v) is 5.11. The molecule has 4 nitrogen and oxygen atoms in total. The first-order valence-electron chi connectivity index (χ1n) is 5.17. The van der Waals surface area contributed by atoms with Crippen LogP contribution < -0.4 is 4.74 Å². The number of halogens is 1. The van der Waals surface area contributed by atoms with Crippen LogP contribution >= 0.6 is 23.6 Å². The van der Waals surface area contributed by atoms with Gasteiger partial charge in [-0.15, -0.1) is 0 Å². The van der Waals surface area contributed by atoms with Crippen LogP contribution in [0.5, 0.6) is 5.75 Å². The van der Waals surface area contributed by atoms with Gasteiger partial charge in [-0.05, 0) is 30.5 Å². The number of hydrogen-bond acceptors (Lipinski definition) is 4. The van der Waals surface area contributed by atoms with Gasteiger partial charge in [-0.3, -0.25) is 4.79 Å². The van der Waals surface area contributed by atoms with Gasteiger partial charge in [0.25, 0.3) is 0 Å². The third kappa shape index (κ3) is 1.60. The molecule has 0 bridgehead atoms. The Labute approximate surface area is 106 Å². The molecule has 0 saturated heterocycles. The summed E-state index contributed by atoms with van der Waals surface area (Å²) in [4.78, 5) is 11.9. The molecule has 6 heteroatoms. The van der Waals surface area contributed by atoms with E-state index in [-0.39, 0.29) is 0 Å². The fourth-order valence-electron chi connectivity index (χ4n) is 2.35. The summed E-state index contributed by atoms with van der Waals surface area (Å²) in [5, 5.41) is 0. The van der Waals surface area contributed by atoms with Crippen molar-refractivity contribution in [1.29, 1.82) is 0 Å². The Balaban J connectivity index is 2.00. The maximum absolute atomic E-state index is 11.9. The van der Waals surface area contributed by atoms with Gasteiger partial charge in [0.05, 0.1) is 11.1 Å². The molecule has 2 atom stereocenters. The number of rotatable bonds is 1. The normalized spacial score (nSPS) is 29.7. The second-order valence-electron chi connectivity index (χ2n) is 4.48. The Morgan fingerprint density at radius 2 is 2.18 bits per heavy atom. The van der Waals surface area contributed by atoms with Crippen LogP contribution in [-0.2, 0) is 20.3 Å². The maximum atomic E-state index is 11.9. The van der Waals surface area contributed by atoms with Crippen LogP contribution in [0.2, 0.25) is 0 Å². The van der Waals surface area contributed by atoms with E-state index in [0.29, 0.717) is 18.6 Å². The van der Waals surface area contributed by atoms with Gasteiger partial charge in [-0.2, -0.15) is 0 Å². The molecule has 1 aromatic rings. The molecule has 3 rings (SSSR count). The van der Waals surface area contributed by atoms with E-state index >= 15 is 0 Å². The van der Waals surface area contributed by atoms with Gasteiger partial charge in [-0.25, -0.2) is 9.13 Å². The number of carbonyl (C=O) groups excluding carboxylic acids is 1. The molecule has 0 amide bonds. The molecule has 1 aliphatic carbocycles. The van der Waals surface area contributed by atoms with Crippen LogP contribution in [0.1, 0.15) is 12.0 Å². The predicted octanol–water partition coefficient (Wildman–Crippen LogP) is 2.84. The zero-order valence-corrected chi connectivity index (χ0v) is 11.2. The standard InChI is InChI=1S/C11H8BrO4P/c12-7-2-1-6-4-11(5-9(11)17(14)15)10(13)16-8(6)3-7/h1-3,9H,4-5H2. The molecule has 2 unspecified atom stereocenters. The molecule has 1 fully saturated rings. The summed E-state index contributed by atoms with van der Waals surface area (Å²) in [7, 11) is -2.55. The SMILES string of the molecule is O=C1Oc2cc(Br)ccc2CC12CC2P(=O)=O. The number of benzene rings is 1. The van der Waals surface area contributed by atoms with Gasteiger partial charge in [-0.1, -0.05) is 22.0 Å². The van der Waals surface area contributed by atoms with Crippen LogP contribution in [-0.4, -0.2) is 11.6 Å². The maximum Gasteiger partial charge on any atom is 0.320 e.